The van der Waals surface area contributed by atoms with Gasteiger partial charge in [0.25, 0.3) is 0 Å². The van der Waals surface area contributed by atoms with Crippen LogP contribution in [-0.2, 0) is 7.05 Å². The predicted molar refractivity (Wildman–Crippen MR) is 62.7 cm³/mol. The summed E-state index contributed by atoms with van der Waals surface area (Å²) in [7, 11) is 1.91. The lowest BCUT2D eigenvalue weighted by Crippen LogP contribution is -2.09. The van der Waals surface area contributed by atoms with E-state index in [1.807, 2.05) is 24.9 Å². The highest BCUT2D eigenvalue weighted by molar-refractivity contribution is 7.71. The van der Waals surface area contributed by atoms with Gasteiger partial charge in [-0.15, -0.1) is 0 Å². The van der Waals surface area contributed by atoms with E-state index in [-0.39, 0.29) is 5.54 Å². The fourth-order valence-corrected chi connectivity index (χ4v) is 1.37. The molecule has 1 aromatic heterocycles. The van der Waals surface area contributed by atoms with E-state index in [1.54, 1.807) is 0 Å². The van der Waals surface area contributed by atoms with Crippen LogP contribution in [0.2, 0.25) is 0 Å². The molecule has 0 bridgehead atoms. The standard InChI is InChI=1S/C10H17N3S/c1-7-8(6-11-10(2,3)4)9(14)13(5)12-7/h6,12H,1-5H3. The number of aryl methyl sites for hydroxylation is 2. The third-order valence-electron chi connectivity index (χ3n) is 1.86. The van der Waals surface area contributed by atoms with Gasteiger partial charge < -0.3 is 5.10 Å². The molecule has 0 radical (unpaired) electrons. The number of aliphatic imine (C=N–C) groups is 1. The predicted octanol–water partition coefficient (Wildman–Crippen LogP) is 2.61. The van der Waals surface area contributed by atoms with Crippen molar-refractivity contribution in [2.75, 3.05) is 0 Å². The molecular weight excluding hydrogens is 194 g/mol. The molecule has 4 heteroatoms. The molecule has 0 atom stereocenters. The summed E-state index contributed by atoms with van der Waals surface area (Å²) in [6, 6.07) is 0. The van der Waals surface area contributed by atoms with Crippen molar-refractivity contribution in [1.29, 1.82) is 0 Å². The van der Waals surface area contributed by atoms with Crippen LogP contribution in [0.15, 0.2) is 4.99 Å². The van der Waals surface area contributed by atoms with Crippen LogP contribution in [0.3, 0.4) is 0 Å². The third kappa shape index (κ3) is 2.54. The van der Waals surface area contributed by atoms with Gasteiger partial charge in [0.05, 0.1) is 5.54 Å². The maximum atomic E-state index is 5.24. The molecule has 1 aromatic rings. The van der Waals surface area contributed by atoms with Crippen molar-refractivity contribution < 1.29 is 0 Å². The lowest BCUT2D eigenvalue weighted by atomic mass is 10.1. The Morgan fingerprint density at radius 1 is 1.43 bits per heavy atom. The lowest BCUT2D eigenvalue weighted by molar-refractivity contribution is 0.586. The fraction of sp³-hybridized carbons (Fsp3) is 0.600. The number of aromatic amines is 1. The summed E-state index contributed by atoms with van der Waals surface area (Å²) >= 11 is 5.24. The van der Waals surface area contributed by atoms with E-state index >= 15 is 0 Å². The molecule has 1 heterocycles. The van der Waals surface area contributed by atoms with E-state index in [1.165, 1.54) is 0 Å². The van der Waals surface area contributed by atoms with Crippen LogP contribution in [0, 0.1) is 11.6 Å². The first kappa shape index (κ1) is 11.2. The largest absolute Gasteiger partial charge is 0.301 e. The molecule has 0 aromatic carbocycles. The summed E-state index contributed by atoms with van der Waals surface area (Å²) in [4.78, 5) is 4.44. The van der Waals surface area contributed by atoms with Gasteiger partial charge in [0.1, 0.15) is 4.64 Å². The summed E-state index contributed by atoms with van der Waals surface area (Å²) in [5.74, 6) is 0. The summed E-state index contributed by atoms with van der Waals surface area (Å²) in [6.45, 7) is 8.19. The number of aromatic nitrogens is 2. The summed E-state index contributed by atoms with van der Waals surface area (Å²) in [5.41, 5.74) is 2.02. The summed E-state index contributed by atoms with van der Waals surface area (Å²) in [5, 5.41) is 3.13. The molecule has 3 nitrogen and oxygen atoms in total. The number of H-pyrrole nitrogens is 1. The van der Waals surface area contributed by atoms with Gasteiger partial charge >= 0.3 is 0 Å². The summed E-state index contributed by atoms with van der Waals surface area (Å²) in [6.07, 6.45) is 1.86. The van der Waals surface area contributed by atoms with Crippen LogP contribution in [0.4, 0.5) is 0 Å². The molecule has 78 valence electrons. The SMILES string of the molecule is Cc1[nH]n(C)c(=S)c1C=NC(C)(C)C. The van der Waals surface area contributed by atoms with Crippen LogP contribution in [-0.4, -0.2) is 21.5 Å². The highest BCUT2D eigenvalue weighted by Gasteiger charge is 2.07. The minimum absolute atomic E-state index is 0.0515. The third-order valence-corrected chi connectivity index (χ3v) is 2.35. The Bertz CT molecular complexity index is 404. The Kier molecular flexibility index (Phi) is 2.95. The van der Waals surface area contributed by atoms with Crippen molar-refractivity contribution in [2.45, 2.75) is 33.2 Å². The Labute approximate surface area is 89.8 Å². The highest BCUT2D eigenvalue weighted by atomic mass is 32.1. The summed E-state index contributed by atoms with van der Waals surface area (Å²) < 4.78 is 2.63. The van der Waals surface area contributed by atoms with E-state index < -0.39 is 0 Å². The molecule has 0 saturated heterocycles. The average molecular weight is 211 g/mol. The fourth-order valence-electron chi connectivity index (χ4n) is 1.11. The van der Waals surface area contributed by atoms with Crippen LogP contribution in [0.1, 0.15) is 32.0 Å². The minimum Gasteiger partial charge on any atom is -0.301 e. The Balaban J connectivity index is 3.10. The van der Waals surface area contributed by atoms with E-state index in [0.29, 0.717) is 0 Å². The van der Waals surface area contributed by atoms with Crippen LogP contribution < -0.4 is 0 Å². The Hall–Kier alpha value is -0.900. The maximum Gasteiger partial charge on any atom is 0.130 e. The first-order valence-corrected chi connectivity index (χ1v) is 5.03. The second-order valence-corrected chi connectivity index (χ2v) is 4.83. The van der Waals surface area contributed by atoms with Crippen LogP contribution in [0.5, 0.6) is 0 Å². The smallest absolute Gasteiger partial charge is 0.130 e. The topological polar surface area (TPSA) is 33.1 Å². The molecule has 0 spiro atoms. The van der Waals surface area contributed by atoms with E-state index in [4.69, 9.17) is 12.2 Å². The van der Waals surface area contributed by atoms with Crippen molar-refractivity contribution in [3.63, 3.8) is 0 Å². The van der Waals surface area contributed by atoms with E-state index in [2.05, 4.69) is 30.9 Å². The molecule has 1 rings (SSSR count). The quantitative estimate of drug-likeness (QED) is 0.562. The lowest BCUT2D eigenvalue weighted by Gasteiger charge is -2.10. The van der Waals surface area contributed by atoms with Gasteiger partial charge in [0.15, 0.2) is 0 Å². The van der Waals surface area contributed by atoms with Crippen LogP contribution in [0.25, 0.3) is 0 Å². The molecule has 0 amide bonds. The van der Waals surface area contributed by atoms with Gasteiger partial charge in [0, 0.05) is 24.5 Å². The molecule has 0 fully saturated rings. The molecule has 0 aliphatic carbocycles. The number of hydrogen-bond donors (Lipinski definition) is 1. The molecule has 0 aliphatic rings. The molecular formula is C10H17N3S. The first-order chi connectivity index (χ1) is 6.31. The zero-order chi connectivity index (χ0) is 10.9. The molecule has 1 N–H and O–H groups in total. The van der Waals surface area contributed by atoms with Crippen molar-refractivity contribution >= 4 is 18.4 Å². The van der Waals surface area contributed by atoms with Crippen molar-refractivity contribution in [3.05, 3.63) is 15.9 Å². The molecule has 0 aliphatic heterocycles. The van der Waals surface area contributed by atoms with Gasteiger partial charge in [-0.05, 0) is 27.7 Å². The number of hydrogen-bond acceptors (Lipinski definition) is 2. The molecule has 0 saturated carbocycles. The van der Waals surface area contributed by atoms with Gasteiger partial charge in [-0.3, -0.25) is 9.67 Å². The number of nitrogens with zero attached hydrogens (tertiary/aromatic N) is 2. The van der Waals surface area contributed by atoms with Gasteiger partial charge in [0.2, 0.25) is 0 Å². The monoisotopic (exact) mass is 211 g/mol. The minimum atomic E-state index is -0.0515. The zero-order valence-corrected chi connectivity index (χ0v) is 10.2. The first-order valence-electron chi connectivity index (χ1n) is 4.62. The molecule has 14 heavy (non-hydrogen) atoms. The van der Waals surface area contributed by atoms with Gasteiger partial charge in [-0.25, -0.2) is 0 Å². The normalized spacial score (nSPS) is 12.6. The number of nitrogens with one attached hydrogen (secondary N) is 1. The van der Waals surface area contributed by atoms with Crippen molar-refractivity contribution in [1.82, 2.24) is 9.78 Å². The molecule has 0 unspecified atom stereocenters. The zero-order valence-electron chi connectivity index (χ0n) is 9.38. The van der Waals surface area contributed by atoms with Gasteiger partial charge in [-0.2, -0.15) is 0 Å². The second kappa shape index (κ2) is 3.69. The average Bonchev–Trinajstić information content (AvgIpc) is 2.23. The highest BCUT2D eigenvalue weighted by Crippen LogP contribution is 2.09. The van der Waals surface area contributed by atoms with Gasteiger partial charge in [-0.1, -0.05) is 12.2 Å². The second-order valence-electron chi connectivity index (χ2n) is 4.44. The van der Waals surface area contributed by atoms with E-state index in [0.717, 1.165) is 15.9 Å². The Morgan fingerprint density at radius 3 is 2.36 bits per heavy atom. The maximum absolute atomic E-state index is 5.24. The Morgan fingerprint density at radius 2 is 2.00 bits per heavy atom. The van der Waals surface area contributed by atoms with E-state index in [9.17, 15) is 0 Å². The van der Waals surface area contributed by atoms with Crippen molar-refractivity contribution in [3.8, 4) is 0 Å². The number of rotatable bonds is 1. The van der Waals surface area contributed by atoms with Crippen LogP contribution >= 0.6 is 12.2 Å². The van der Waals surface area contributed by atoms with Crippen molar-refractivity contribution in [2.24, 2.45) is 12.0 Å².